The van der Waals surface area contributed by atoms with E-state index in [2.05, 4.69) is 20.3 Å². The molecule has 1 atom stereocenters. The Balaban J connectivity index is 1.70. The number of nitrogens with zero attached hydrogens (tertiary/aromatic N) is 4. The van der Waals surface area contributed by atoms with Gasteiger partial charge in [0.1, 0.15) is 23.7 Å². The number of alkyl halides is 1. The Morgan fingerprint density at radius 2 is 2.32 bits per heavy atom. The summed E-state index contributed by atoms with van der Waals surface area (Å²) in [5.74, 6) is 0.988. The number of aromatic amines is 1. The fourth-order valence-corrected chi connectivity index (χ4v) is 3.87. The van der Waals surface area contributed by atoms with E-state index in [4.69, 9.17) is 16.6 Å². The van der Waals surface area contributed by atoms with Crippen molar-refractivity contribution in [3.63, 3.8) is 0 Å². The second-order valence-corrected chi connectivity index (χ2v) is 7.40. The summed E-state index contributed by atoms with van der Waals surface area (Å²) in [5, 5.41) is 4.02. The Hall–Kier alpha value is -2.74. The first-order valence-electron chi connectivity index (χ1n) is 9.11. The molecule has 1 amide bonds. The van der Waals surface area contributed by atoms with Gasteiger partial charge in [-0.1, -0.05) is 11.6 Å². The Labute approximate surface area is 166 Å². The number of fused-ring (bicyclic) bond motifs is 1. The molecule has 1 aliphatic heterocycles. The van der Waals surface area contributed by atoms with Crippen LogP contribution in [0.3, 0.4) is 0 Å². The fraction of sp³-hybridized carbons (Fsp3) is 0.368. The molecule has 146 valence electrons. The number of aromatic nitrogens is 4. The van der Waals surface area contributed by atoms with Crippen molar-refractivity contribution < 1.29 is 9.18 Å². The lowest BCUT2D eigenvalue weighted by Gasteiger charge is -2.34. The van der Waals surface area contributed by atoms with Crippen LogP contribution in [0.1, 0.15) is 19.8 Å². The van der Waals surface area contributed by atoms with E-state index in [1.165, 1.54) is 0 Å². The molecular formula is C19H20ClFN6O. The Morgan fingerprint density at radius 3 is 3.14 bits per heavy atom. The minimum atomic E-state index is -0.772. The highest BCUT2D eigenvalue weighted by atomic mass is 35.5. The van der Waals surface area contributed by atoms with Crippen molar-refractivity contribution in [2.45, 2.75) is 25.3 Å². The number of pyridine rings is 1. The van der Waals surface area contributed by atoms with Crippen molar-refractivity contribution in [3.05, 3.63) is 35.7 Å². The standard InChI is InChI=1S/C19H20ClFN6O/c1-19(18(28)23-7-5-21)4-2-8-27(19)15-3-6-22-17(26-15)14-11-25-16-13(14)9-12(20)10-24-16/h3,6,9-11H,2,4-5,7-8H2,1H3,(H,23,28)(H,24,25)/t19-/m1/s1. The molecule has 9 heteroatoms. The van der Waals surface area contributed by atoms with Gasteiger partial charge in [0.2, 0.25) is 5.91 Å². The zero-order valence-electron chi connectivity index (χ0n) is 15.4. The molecule has 3 aromatic rings. The van der Waals surface area contributed by atoms with Crippen LogP contribution < -0.4 is 10.2 Å². The van der Waals surface area contributed by atoms with Crippen LogP contribution in [0.15, 0.2) is 30.7 Å². The molecule has 1 saturated heterocycles. The summed E-state index contributed by atoms with van der Waals surface area (Å²) < 4.78 is 12.5. The molecular weight excluding hydrogens is 383 g/mol. The SMILES string of the molecule is C[C@]1(C(=O)NCCF)CCCN1c1ccnc(-c2c[nH]c3ncc(Cl)cc23)n1. The molecule has 1 aliphatic rings. The number of hydrogen-bond acceptors (Lipinski definition) is 5. The average Bonchev–Trinajstić information content (AvgIpc) is 3.30. The van der Waals surface area contributed by atoms with Crippen LogP contribution in [0, 0.1) is 0 Å². The van der Waals surface area contributed by atoms with Gasteiger partial charge in [-0.2, -0.15) is 0 Å². The van der Waals surface area contributed by atoms with Crippen molar-refractivity contribution in [2.24, 2.45) is 0 Å². The van der Waals surface area contributed by atoms with Crippen LogP contribution in [0.2, 0.25) is 5.02 Å². The third-order valence-corrected chi connectivity index (χ3v) is 5.37. The first kappa shape index (κ1) is 18.6. The van der Waals surface area contributed by atoms with E-state index in [0.717, 1.165) is 17.4 Å². The number of carbonyl (C=O) groups excluding carboxylic acids is 1. The van der Waals surface area contributed by atoms with Gasteiger partial charge in [0.15, 0.2) is 5.82 Å². The molecule has 28 heavy (non-hydrogen) atoms. The lowest BCUT2D eigenvalue weighted by molar-refractivity contribution is -0.125. The highest BCUT2D eigenvalue weighted by Crippen LogP contribution is 2.34. The Bertz CT molecular complexity index is 1020. The monoisotopic (exact) mass is 402 g/mol. The molecule has 4 heterocycles. The van der Waals surface area contributed by atoms with E-state index in [-0.39, 0.29) is 12.5 Å². The molecule has 1 fully saturated rings. The molecule has 3 aromatic heterocycles. The largest absolute Gasteiger partial charge is 0.351 e. The van der Waals surface area contributed by atoms with Gasteiger partial charge >= 0.3 is 0 Å². The molecule has 7 nitrogen and oxygen atoms in total. The van der Waals surface area contributed by atoms with Crippen LogP contribution in [-0.2, 0) is 4.79 Å². The third-order valence-electron chi connectivity index (χ3n) is 5.17. The van der Waals surface area contributed by atoms with Crippen molar-refractivity contribution >= 4 is 34.4 Å². The summed E-state index contributed by atoms with van der Waals surface area (Å²) in [6.07, 6.45) is 6.58. The van der Waals surface area contributed by atoms with Crippen LogP contribution in [0.5, 0.6) is 0 Å². The smallest absolute Gasteiger partial charge is 0.245 e. The number of nitrogens with one attached hydrogen (secondary N) is 2. The zero-order valence-corrected chi connectivity index (χ0v) is 16.1. The number of hydrogen-bond donors (Lipinski definition) is 2. The van der Waals surface area contributed by atoms with Gasteiger partial charge < -0.3 is 15.2 Å². The highest BCUT2D eigenvalue weighted by Gasteiger charge is 2.43. The third kappa shape index (κ3) is 3.17. The van der Waals surface area contributed by atoms with Crippen LogP contribution in [-0.4, -0.2) is 51.1 Å². The molecule has 4 rings (SSSR count). The second kappa shape index (κ2) is 7.35. The van der Waals surface area contributed by atoms with Crippen LogP contribution >= 0.6 is 11.6 Å². The molecule has 0 unspecified atom stereocenters. The first-order valence-corrected chi connectivity index (χ1v) is 9.49. The lowest BCUT2D eigenvalue weighted by Crippen LogP contribution is -2.54. The maximum Gasteiger partial charge on any atom is 0.245 e. The number of H-pyrrole nitrogens is 1. The van der Waals surface area contributed by atoms with E-state index in [1.54, 1.807) is 24.7 Å². The predicted octanol–water partition coefficient (Wildman–Crippen LogP) is 3.12. The second-order valence-electron chi connectivity index (χ2n) is 6.96. The highest BCUT2D eigenvalue weighted by molar-refractivity contribution is 6.31. The van der Waals surface area contributed by atoms with Gasteiger partial charge in [-0.3, -0.25) is 4.79 Å². The fourth-order valence-electron chi connectivity index (χ4n) is 3.71. The number of rotatable bonds is 5. The average molecular weight is 403 g/mol. The lowest BCUT2D eigenvalue weighted by atomic mass is 9.97. The van der Waals surface area contributed by atoms with E-state index in [1.807, 2.05) is 17.9 Å². The molecule has 0 saturated carbocycles. The van der Waals surface area contributed by atoms with Crippen molar-refractivity contribution in [2.75, 3.05) is 24.7 Å². The number of halogens is 2. The molecule has 0 spiro atoms. The van der Waals surface area contributed by atoms with Crippen molar-refractivity contribution in [3.8, 4) is 11.4 Å². The van der Waals surface area contributed by atoms with Gasteiger partial charge in [0.05, 0.1) is 5.02 Å². The minimum Gasteiger partial charge on any atom is -0.351 e. The summed E-state index contributed by atoms with van der Waals surface area (Å²) in [7, 11) is 0. The summed E-state index contributed by atoms with van der Waals surface area (Å²) >= 11 is 6.09. The van der Waals surface area contributed by atoms with E-state index in [0.29, 0.717) is 35.3 Å². The van der Waals surface area contributed by atoms with Gasteiger partial charge in [-0.15, -0.1) is 0 Å². The van der Waals surface area contributed by atoms with E-state index in [9.17, 15) is 9.18 Å². The van der Waals surface area contributed by atoms with Gasteiger partial charge in [-0.25, -0.2) is 19.3 Å². The summed E-state index contributed by atoms with van der Waals surface area (Å²) in [6, 6.07) is 3.60. The maximum atomic E-state index is 12.6. The number of anilines is 1. The van der Waals surface area contributed by atoms with Gasteiger partial charge in [-0.05, 0) is 31.9 Å². The Kier molecular flexibility index (Phi) is 4.89. The molecule has 0 radical (unpaired) electrons. The summed E-state index contributed by atoms with van der Waals surface area (Å²) in [6.45, 7) is 1.99. The molecule has 0 aromatic carbocycles. The quantitative estimate of drug-likeness (QED) is 0.684. The van der Waals surface area contributed by atoms with Gasteiger partial charge in [0.25, 0.3) is 0 Å². The topological polar surface area (TPSA) is 86.8 Å². The summed E-state index contributed by atoms with van der Waals surface area (Å²) in [4.78, 5) is 31.1. The summed E-state index contributed by atoms with van der Waals surface area (Å²) in [5.41, 5.74) is 0.714. The number of amides is 1. The van der Waals surface area contributed by atoms with E-state index < -0.39 is 12.2 Å². The maximum absolute atomic E-state index is 12.6. The molecule has 2 N–H and O–H groups in total. The molecule has 0 bridgehead atoms. The van der Waals surface area contributed by atoms with Crippen LogP contribution in [0.25, 0.3) is 22.4 Å². The normalized spacial score (nSPS) is 19.3. The Morgan fingerprint density at radius 1 is 1.46 bits per heavy atom. The van der Waals surface area contributed by atoms with E-state index >= 15 is 0 Å². The first-order chi connectivity index (χ1) is 13.5. The van der Waals surface area contributed by atoms with Crippen molar-refractivity contribution in [1.29, 1.82) is 0 Å². The van der Waals surface area contributed by atoms with Gasteiger partial charge in [0, 0.05) is 42.6 Å². The predicted molar refractivity (Wildman–Crippen MR) is 106 cm³/mol. The van der Waals surface area contributed by atoms with Crippen molar-refractivity contribution in [1.82, 2.24) is 25.3 Å². The minimum absolute atomic E-state index is 0.0143. The zero-order chi connectivity index (χ0) is 19.7. The van der Waals surface area contributed by atoms with Crippen LogP contribution in [0.4, 0.5) is 10.2 Å². The molecule has 0 aliphatic carbocycles. The number of carbonyl (C=O) groups is 1.